The van der Waals surface area contributed by atoms with E-state index in [0.717, 1.165) is 0 Å². The minimum atomic E-state index is -0.504. The molecule has 0 saturated carbocycles. The van der Waals surface area contributed by atoms with E-state index in [2.05, 4.69) is 0 Å². The quantitative estimate of drug-likeness (QED) is 0.338. The summed E-state index contributed by atoms with van der Waals surface area (Å²) in [6.45, 7) is 0.286. The van der Waals surface area contributed by atoms with Crippen molar-refractivity contribution in [3.05, 3.63) is 33.9 Å². The Morgan fingerprint density at radius 2 is 2.29 bits per heavy atom. The molecule has 0 radical (unpaired) electrons. The van der Waals surface area contributed by atoms with Gasteiger partial charge in [0.25, 0.3) is 0 Å². The van der Waals surface area contributed by atoms with Crippen LogP contribution in [0.15, 0.2) is 18.2 Å². The van der Waals surface area contributed by atoms with Crippen LogP contribution in [0.5, 0.6) is 5.75 Å². The maximum Gasteiger partial charge on any atom is 0.311 e. The number of nitro groups is 1. The number of benzene rings is 1. The van der Waals surface area contributed by atoms with Crippen LogP contribution in [0.4, 0.5) is 5.69 Å². The lowest BCUT2D eigenvalue weighted by Gasteiger charge is -2.06. The third kappa shape index (κ3) is 3.93. The van der Waals surface area contributed by atoms with Crippen molar-refractivity contribution in [1.29, 1.82) is 5.26 Å². The number of halogens is 1. The van der Waals surface area contributed by atoms with E-state index in [1.165, 1.54) is 12.1 Å². The van der Waals surface area contributed by atoms with Gasteiger partial charge in [-0.05, 0) is 18.1 Å². The van der Waals surface area contributed by atoms with Gasteiger partial charge in [-0.2, -0.15) is 5.26 Å². The Labute approximate surface area is 104 Å². The summed E-state index contributed by atoms with van der Waals surface area (Å²) in [5, 5.41) is 19.2. The number of nitriles is 1. The van der Waals surface area contributed by atoms with E-state index in [9.17, 15) is 10.1 Å². The van der Waals surface area contributed by atoms with E-state index < -0.39 is 4.92 Å². The number of unbranched alkanes of at least 4 members (excludes halogenated alkanes) is 1. The van der Waals surface area contributed by atoms with Crippen LogP contribution < -0.4 is 4.74 Å². The van der Waals surface area contributed by atoms with Crippen molar-refractivity contribution in [2.45, 2.75) is 18.7 Å². The molecule has 0 aliphatic rings. The van der Waals surface area contributed by atoms with Crippen LogP contribution in [0.3, 0.4) is 0 Å². The second kappa shape index (κ2) is 6.71. The Morgan fingerprint density at radius 1 is 1.53 bits per heavy atom. The van der Waals surface area contributed by atoms with Crippen LogP contribution in [0.25, 0.3) is 0 Å². The molecule has 17 heavy (non-hydrogen) atoms. The summed E-state index contributed by atoms with van der Waals surface area (Å²) in [6, 6.07) is 6.58. The maximum absolute atomic E-state index is 10.8. The van der Waals surface area contributed by atoms with Crippen molar-refractivity contribution < 1.29 is 9.66 Å². The van der Waals surface area contributed by atoms with Gasteiger partial charge >= 0.3 is 5.69 Å². The zero-order chi connectivity index (χ0) is 12.7. The van der Waals surface area contributed by atoms with Crippen LogP contribution in [-0.2, 0) is 5.88 Å². The number of nitro benzene ring substituents is 1. The Bertz CT molecular complexity index is 443. The molecule has 0 atom stereocenters. The SMILES string of the molecule is N#CCCCOc1ccc(CCl)cc1[N+](=O)[O-]. The van der Waals surface area contributed by atoms with Crippen molar-refractivity contribution in [2.24, 2.45) is 0 Å². The van der Waals surface area contributed by atoms with Crippen molar-refractivity contribution in [1.82, 2.24) is 0 Å². The van der Waals surface area contributed by atoms with Crippen LogP contribution >= 0.6 is 11.6 Å². The van der Waals surface area contributed by atoms with Crippen LogP contribution in [0, 0.1) is 21.4 Å². The molecule has 0 aliphatic heterocycles. The highest BCUT2D eigenvalue weighted by molar-refractivity contribution is 6.17. The van der Waals surface area contributed by atoms with Crippen LogP contribution in [0.1, 0.15) is 18.4 Å². The highest BCUT2D eigenvalue weighted by atomic mass is 35.5. The summed E-state index contributed by atoms with van der Waals surface area (Å²) in [7, 11) is 0. The van der Waals surface area contributed by atoms with Gasteiger partial charge in [0, 0.05) is 18.4 Å². The maximum atomic E-state index is 10.8. The Hall–Kier alpha value is -1.80. The van der Waals surface area contributed by atoms with Crippen molar-refractivity contribution >= 4 is 17.3 Å². The Kier molecular flexibility index (Phi) is 5.24. The van der Waals surface area contributed by atoms with E-state index in [4.69, 9.17) is 21.6 Å². The summed E-state index contributed by atoms with van der Waals surface area (Å²) in [5.74, 6) is 0.428. The van der Waals surface area contributed by atoms with E-state index >= 15 is 0 Å². The van der Waals surface area contributed by atoms with Crippen molar-refractivity contribution in [3.63, 3.8) is 0 Å². The molecule has 0 fully saturated rings. The van der Waals surface area contributed by atoms with Gasteiger partial charge in [0.15, 0.2) is 5.75 Å². The molecule has 0 aliphatic carbocycles. The Morgan fingerprint density at radius 3 is 2.88 bits per heavy atom. The molecule has 1 aromatic rings. The lowest BCUT2D eigenvalue weighted by molar-refractivity contribution is -0.385. The second-order valence-electron chi connectivity index (χ2n) is 3.30. The Balaban J connectivity index is 2.77. The average Bonchev–Trinajstić information content (AvgIpc) is 2.34. The molecular formula is C11H11ClN2O3. The first-order valence-electron chi connectivity index (χ1n) is 5.02. The molecule has 6 heteroatoms. The molecule has 1 rings (SSSR count). The summed E-state index contributed by atoms with van der Waals surface area (Å²) >= 11 is 5.60. The largest absolute Gasteiger partial charge is 0.487 e. The summed E-state index contributed by atoms with van der Waals surface area (Å²) in [4.78, 5) is 10.3. The van der Waals surface area contributed by atoms with Gasteiger partial charge in [0.2, 0.25) is 0 Å². The van der Waals surface area contributed by atoms with Gasteiger partial charge in [-0.1, -0.05) is 6.07 Å². The molecule has 0 heterocycles. The highest BCUT2D eigenvalue weighted by Crippen LogP contribution is 2.28. The third-order valence-electron chi connectivity index (χ3n) is 2.06. The van der Waals surface area contributed by atoms with E-state index in [1.807, 2.05) is 6.07 Å². The van der Waals surface area contributed by atoms with Gasteiger partial charge in [0.05, 0.1) is 17.6 Å². The molecule has 0 spiro atoms. The number of nitrogens with zero attached hydrogens (tertiary/aromatic N) is 2. The average molecular weight is 255 g/mol. The predicted octanol–water partition coefficient (Wildman–Crippen LogP) is 3.02. The first-order chi connectivity index (χ1) is 8.19. The molecule has 90 valence electrons. The number of alkyl halides is 1. The van der Waals surface area contributed by atoms with Gasteiger partial charge in [-0.3, -0.25) is 10.1 Å². The van der Waals surface area contributed by atoms with E-state index in [-0.39, 0.29) is 23.9 Å². The second-order valence-corrected chi connectivity index (χ2v) is 3.57. The molecule has 0 amide bonds. The van der Waals surface area contributed by atoms with Crippen molar-refractivity contribution in [3.8, 4) is 11.8 Å². The number of hydrogen-bond donors (Lipinski definition) is 0. The minimum absolute atomic E-state index is 0.0971. The fourth-order valence-corrected chi connectivity index (χ4v) is 1.41. The molecule has 1 aromatic carbocycles. The molecule has 0 N–H and O–H groups in total. The first kappa shape index (κ1) is 13.3. The highest BCUT2D eigenvalue weighted by Gasteiger charge is 2.15. The van der Waals surface area contributed by atoms with Gasteiger partial charge in [-0.25, -0.2) is 0 Å². The number of hydrogen-bond acceptors (Lipinski definition) is 4. The van der Waals surface area contributed by atoms with Crippen LogP contribution in [0.2, 0.25) is 0 Å². The van der Waals surface area contributed by atoms with Gasteiger partial charge in [-0.15, -0.1) is 11.6 Å². The molecule has 0 aromatic heterocycles. The molecule has 0 unspecified atom stereocenters. The zero-order valence-corrected chi connectivity index (χ0v) is 9.81. The minimum Gasteiger partial charge on any atom is -0.487 e. The topological polar surface area (TPSA) is 76.2 Å². The molecule has 5 nitrogen and oxygen atoms in total. The van der Waals surface area contributed by atoms with Gasteiger partial charge in [0.1, 0.15) is 0 Å². The summed E-state index contributed by atoms with van der Waals surface area (Å²) < 4.78 is 5.26. The molecular weight excluding hydrogens is 244 g/mol. The van der Waals surface area contributed by atoms with E-state index in [1.54, 1.807) is 6.07 Å². The number of ether oxygens (including phenoxy) is 1. The summed E-state index contributed by atoms with van der Waals surface area (Å²) in [6.07, 6.45) is 0.915. The lowest BCUT2D eigenvalue weighted by Crippen LogP contribution is -2.00. The molecule has 0 bridgehead atoms. The van der Waals surface area contributed by atoms with Crippen LogP contribution in [-0.4, -0.2) is 11.5 Å². The monoisotopic (exact) mass is 254 g/mol. The lowest BCUT2D eigenvalue weighted by atomic mass is 10.2. The fraction of sp³-hybridized carbons (Fsp3) is 0.364. The smallest absolute Gasteiger partial charge is 0.311 e. The van der Waals surface area contributed by atoms with Crippen molar-refractivity contribution in [2.75, 3.05) is 6.61 Å². The first-order valence-corrected chi connectivity index (χ1v) is 5.55. The normalized spacial score (nSPS) is 9.65. The van der Waals surface area contributed by atoms with E-state index in [0.29, 0.717) is 18.4 Å². The van der Waals surface area contributed by atoms with Gasteiger partial charge < -0.3 is 4.74 Å². The summed E-state index contributed by atoms with van der Waals surface area (Å²) in [5.41, 5.74) is 0.572. The number of rotatable bonds is 6. The third-order valence-corrected chi connectivity index (χ3v) is 2.37. The standard InChI is InChI=1S/C11H11ClN2O3/c12-8-9-3-4-11(10(7-9)14(15)16)17-6-2-1-5-13/h3-4,7H,1-2,6,8H2. The zero-order valence-electron chi connectivity index (χ0n) is 9.06. The molecule has 0 saturated heterocycles. The fourth-order valence-electron chi connectivity index (χ4n) is 1.24. The predicted molar refractivity (Wildman–Crippen MR) is 63.0 cm³/mol.